The van der Waals surface area contributed by atoms with Crippen LogP contribution in [0.5, 0.6) is 5.75 Å². The van der Waals surface area contributed by atoms with Crippen molar-refractivity contribution in [2.45, 2.75) is 4.90 Å². The lowest BCUT2D eigenvalue weighted by Crippen LogP contribution is -2.18. The molecule has 2 aromatic carbocycles. The van der Waals surface area contributed by atoms with Crippen LogP contribution in [0.3, 0.4) is 0 Å². The van der Waals surface area contributed by atoms with Crippen LogP contribution in [-0.2, 0) is 10.0 Å². The second-order valence-corrected chi connectivity index (χ2v) is 7.55. The summed E-state index contributed by atoms with van der Waals surface area (Å²) in [5, 5.41) is 14.4. The minimum absolute atomic E-state index is 0.150. The number of hydrogen-bond acceptors (Lipinski definition) is 6. The Balaban J connectivity index is 1.83. The number of aromatic hydroxyl groups is 1. The van der Waals surface area contributed by atoms with Crippen molar-refractivity contribution < 1.29 is 13.5 Å². The molecular weight excluding hydrogens is 354 g/mol. The summed E-state index contributed by atoms with van der Waals surface area (Å²) >= 11 is 0. The lowest BCUT2D eigenvalue weighted by atomic mass is 10.2. The van der Waals surface area contributed by atoms with Gasteiger partial charge in [0.2, 0.25) is 10.0 Å². The smallest absolute Gasteiger partial charge is 0.240 e. The quantitative estimate of drug-likeness (QED) is 0.439. The summed E-state index contributed by atoms with van der Waals surface area (Å²) in [5.74, 6) is 0.683. The topological polar surface area (TPSA) is 120 Å². The largest absolute Gasteiger partial charge is 0.508 e. The summed E-state index contributed by atoms with van der Waals surface area (Å²) in [5.41, 5.74) is 1.92. The molecule has 0 aliphatic carbocycles. The zero-order chi connectivity index (χ0) is 18.3. The van der Waals surface area contributed by atoms with E-state index in [1.165, 1.54) is 25.5 Å². The highest BCUT2D eigenvalue weighted by Gasteiger charge is 2.14. The van der Waals surface area contributed by atoms with E-state index in [0.29, 0.717) is 17.2 Å². The fourth-order valence-corrected chi connectivity index (χ4v) is 3.58. The van der Waals surface area contributed by atoms with Crippen molar-refractivity contribution >= 4 is 43.5 Å². The number of aromatic nitrogens is 3. The van der Waals surface area contributed by atoms with Crippen molar-refractivity contribution in [3.05, 3.63) is 48.8 Å². The van der Waals surface area contributed by atoms with E-state index in [-0.39, 0.29) is 10.6 Å². The van der Waals surface area contributed by atoms with Crippen LogP contribution in [0.15, 0.2) is 53.7 Å². The lowest BCUT2D eigenvalue weighted by Gasteiger charge is -2.09. The van der Waals surface area contributed by atoms with Crippen LogP contribution < -0.4 is 10.0 Å². The standard InChI is InChI=1S/C17H15N5O3S/c1-18-26(24,25)12-4-2-3-10(7-12)21-16-15-13-6-5-11(23)8-14(13)22-17(15)20-9-19-16/h2-9,18,23H,1H3,(H2,19,20,21,22). The average Bonchev–Trinajstić information content (AvgIpc) is 3.00. The Kier molecular flexibility index (Phi) is 3.74. The molecule has 9 heteroatoms. The fourth-order valence-electron chi connectivity index (χ4n) is 2.81. The number of nitrogens with one attached hydrogen (secondary N) is 3. The molecule has 132 valence electrons. The third-order valence-corrected chi connectivity index (χ3v) is 5.46. The van der Waals surface area contributed by atoms with Gasteiger partial charge in [-0.25, -0.2) is 23.1 Å². The van der Waals surface area contributed by atoms with Crippen molar-refractivity contribution in [1.29, 1.82) is 0 Å². The third kappa shape index (κ3) is 2.72. The number of sulfonamides is 1. The molecule has 4 N–H and O–H groups in total. The number of benzene rings is 2. The van der Waals surface area contributed by atoms with Crippen LogP contribution >= 0.6 is 0 Å². The second-order valence-electron chi connectivity index (χ2n) is 5.66. The van der Waals surface area contributed by atoms with Gasteiger partial charge in [0.1, 0.15) is 23.5 Å². The van der Waals surface area contributed by atoms with Crippen molar-refractivity contribution in [3.8, 4) is 5.75 Å². The van der Waals surface area contributed by atoms with Crippen molar-refractivity contribution in [2.24, 2.45) is 0 Å². The Morgan fingerprint density at radius 3 is 2.77 bits per heavy atom. The number of H-pyrrole nitrogens is 1. The number of phenolic OH excluding ortho intramolecular Hbond substituents is 1. The summed E-state index contributed by atoms with van der Waals surface area (Å²) < 4.78 is 26.3. The fraction of sp³-hybridized carbons (Fsp3) is 0.0588. The number of nitrogens with zero attached hydrogens (tertiary/aromatic N) is 2. The van der Waals surface area contributed by atoms with Crippen LogP contribution in [0.25, 0.3) is 21.9 Å². The number of fused-ring (bicyclic) bond motifs is 3. The molecule has 0 saturated heterocycles. The predicted molar refractivity (Wildman–Crippen MR) is 99.0 cm³/mol. The molecule has 0 amide bonds. The first kappa shape index (κ1) is 16.3. The summed E-state index contributed by atoms with van der Waals surface area (Å²) in [6, 6.07) is 11.4. The van der Waals surface area contributed by atoms with Gasteiger partial charge in [0.25, 0.3) is 0 Å². The van der Waals surface area contributed by atoms with Crippen molar-refractivity contribution in [3.63, 3.8) is 0 Å². The maximum Gasteiger partial charge on any atom is 0.240 e. The lowest BCUT2D eigenvalue weighted by molar-refractivity contribution is 0.476. The van der Waals surface area contributed by atoms with Gasteiger partial charge >= 0.3 is 0 Å². The molecule has 4 aromatic rings. The minimum Gasteiger partial charge on any atom is -0.508 e. The van der Waals surface area contributed by atoms with Crippen molar-refractivity contribution in [2.75, 3.05) is 12.4 Å². The molecule has 2 heterocycles. The van der Waals surface area contributed by atoms with Crippen LogP contribution in [0.4, 0.5) is 11.5 Å². The normalized spacial score (nSPS) is 11.9. The maximum atomic E-state index is 12.0. The number of rotatable bonds is 4. The van der Waals surface area contributed by atoms with Gasteiger partial charge in [0.15, 0.2) is 0 Å². The predicted octanol–water partition coefficient (Wildman–Crippen LogP) is 2.47. The number of phenols is 1. The third-order valence-electron chi connectivity index (χ3n) is 4.05. The van der Waals surface area contributed by atoms with Gasteiger partial charge in [0.05, 0.1) is 15.8 Å². The van der Waals surface area contributed by atoms with E-state index in [0.717, 1.165) is 16.3 Å². The molecule has 0 unspecified atom stereocenters. The second kappa shape index (κ2) is 5.97. The SMILES string of the molecule is CNS(=O)(=O)c1cccc(Nc2ncnc3[nH]c4cc(O)ccc4c23)c1. The highest BCUT2D eigenvalue weighted by Crippen LogP contribution is 2.32. The monoisotopic (exact) mass is 369 g/mol. The molecule has 0 atom stereocenters. The molecule has 8 nitrogen and oxygen atoms in total. The van der Waals surface area contributed by atoms with Gasteiger partial charge in [-0.15, -0.1) is 0 Å². The van der Waals surface area contributed by atoms with Crippen LogP contribution in [0, 0.1) is 0 Å². The van der Waals surface area contributed by atoms with E-state index in [9.17, 15) is 13.5 Å². The molecule has 0 radical (unpaired) electrons. The van der Waals surface area contributed by atoms with Gasteiger partial charge in [0, 0.05) is 17.1 Å². The highest BCUT2D eigenvalue weighted by atomic mass is 32.2. The van der Waals surface area contributed by atoms with Crippen molar-refractivity contribution in [1.82, 2.24) is 19.7 Å². The molecule has 0 saturated carbocycles. The molecular formula is C17H15N5O3S. The Morgan fingerprint density at radius 1 is 1.12 bits per heavy atom. The van der Waals surface area contributed by atoms with Gasteiger partial charge in [-0.3, -0.25) is 0 Å². The Morgan fingerprint density at radius 2 is 1.96 bits per heavy atom. The molecule has 26 heavy (non-hydrogen) atoms. The number of anilines is 2. The van der Waals surface area contributed by atoms with Crippen LogP contribution in [0.1, 0.15) is 0 Å². The van der Waals surface area contributed by atoms with E-state index in [1.807, 2.05) is 0 Å². The molecule has 0 aliphatic heterocycles. The summed E-state index contributed by atoms with van der Waals surface area (Å²) in [6.45, 7) is 0. The minimum atomic E-state index is -3.54. The van der Waals surface area contributed by atoms with E-state index in [2.05, 4.69) is 25.0 Å². The highest BCUT2D eigenvalue weighted by molar-refractivity contribution is 7.89. The molecule has 0 aliphatic rings. The molecule has 0 bridgehead atoms. The van der Waals surface area contributed by atoms with Crippen LogP contribution in [0.2, 0.25) is 0 Å². The van der Waals surface area contributed by atoms with E-state index in [4.69, 9.17) is 0 Å². The molecule has 0 spiro atoms. The van der Waals surface area contributed by atoms with E-state index in [1.54, 1.807) is 30.3 Å². The Bertz CT molecular complexity index is 1230. The number of aromatic amines is 1. The van der Waals surface area contributed by atoms with Crippen LogP contribution in [-0.4, -0.2) is 35.5 Å². The summed E-state index contributed by atoms with van der Waals surface area (Å²) in [7, 11) is -2.17. The first-order valence-corrected chi connectivity index (χ1v) is 9.22. The summed E-state index contributed by atoms with van der Waals surface area (Å²) in [6.07, 6.45) is 1.41. The first-order chi connectivity index (χ1) is 12.5. The van der Waals surface area contributed by atoms with Gasteiger partial charge in [-0.05, 0) is 37.4 Å². The van der Waals surface area contributed by atoms with E-state index < -0.39 is 10.0 Å². The molecule has 0 fully saturated rings. The Hall–Kier alpha value is -3.17. The van der Waals surface area contributed by atoms with Gasteiger partial charge in [-0.2, -0.15) is 0 Å². The summed E-state index contributed by atoms with van der Waals surface area (Å²) in [4.78, 5) is 11.8. The molecule has 2 aromatic heterocycles. The van der Waals surface area contributed by atoms with Gasteiger partial charge < -0.3 is 15.4 Å². The molecule has 4 rings (SSSR count). The Labute approximate surface area is 149 Å². The maximum absolute atomic E-state index is 12.0. The average molecular weight is 369 g/mol. The number of hydrogen-bond donors (Lipinski definition) is 4. The first-order valence-electron chi connectivity index (χ1n) is 7.74. The zero-order valence-corrected chi connectivity index (χ0v) is 14.5. The van der Waals surface area contributed by atoms with Gasteiger partial charge in [-0.1, -0.05) is 6.07 Å². The van der Waals surface area contributed by atoms with E-state index >= 15 is 0 Å². The zero-order valence-electron chi connectivity index (χ0n) is 13.7.